The largest absolute Gasteiger partial charge is 0.484 e. The minimum absolute atomic E-state index is 0.0121. The summed E-state index contributed by atoms with van der Waals surface area (Å²) < 4.78 is 11.4. The summed E-state index contributed by atoms with van der Waals surface area (Å²) in [5, 5.41) is 2.75. The number of nitrogens with zero attached hydrogens (tertiary/aromatic N) is 1. The van der Waals surface area contributed by atoms with Gasteiger partial charge in [0.05, 0.1) is 12.6 Å². The number of carbonyl (C=O) groups is 1. The van der Waals surface area contributed by atoms with E-state index in [1.54, 1.807) is 23.5 Å². The number of aryl methyl sites for hydroxylation is 2. The van der Waals surface area contributed by atoms with Gasteiger partial charge in [0.2, 0.25) is 0 Å². The van der Waals surface area contributed by atoms with Gasteiger partial charge in [-0.1, -0.05) is 11.6 Å². The van der Waals surface area contributed by atoms with Crippen molar-refractivity contribution in [1.82, 2.24) is 4.90 Å². The van der Waals surface area contributed by atoms with Crippen LogP contribution in [-0.2, 0) is 16.1 Å². The average Bonchev–Trinajstić information content (AvgIpc) is 3.27. The fraction of sp³-hybridized carbons (Fsp3) is 0.450. The molecule has 6 heteroatoms. The van der Waals surface area contributed by atoms with Crippen LogP contribution in [0, 0.1) is 13.8 Å². The van der Waals surface area contributed by atoms with Gasteiger partial charge in [0.15, 0.2) is 6.61 Å². The van der Waals surface area contributed by atoms with Crippen LogP contribution in [-0.4, -0.2) is 36.7 Å². The molecule has 1 saturated heterocycles. The maximum absolute atomic E-state index is 12.8. The molecule has 1 fully saturated rings. The molecule has 0 bridgehead atoms. The summed E-state index contributed by atoms with van der Waals surface area (Å²) in [6.07, 6.45) is 2.19. The Labute approximate surface area is 163 Å². The fourth-order valence-electron chi connectivity index (χ4n) is 2.97. The molecular weight excluding hydrogens is 370 g/mol. The van der Waals surface area contributed by atoms with E-state index in [9.17, 15) is 4.79 Å². The third-order valence-electron chi connectivity index (χ3n) is 4.60. The second-order valence-electron chi connectivity index (χ2n) is 6.64. The third-order valence-corrected chi connectivity index (χ3v) is 6.03. The zero-order valence-corrected chi connectivity index (χ0v) is 16.7. The summed E-state index contributed by atoms with van der Waals surface area (Å²) in [5.74, 6) is 0.630. The van der Waals surface area contributed by atoms with E-state index < -0.39 is 0 Å². The number of rotatable bonds is 7. The number of hydrogen-bond donors (Lipinski definition) is 0. The average molecular weight is 394 g/mol. The van der Waals surface area contributed by atoms with Gasteiger partial charge < -0.3 is 14.4 Å². The zero-order chi connectivity index (χ0) is 18.5. The van der Waals surface area contributed by atoms with Gasteiger partial charge in [-0.3, -0.25) is 4.79 Å². The predicted octanol–water partition coefficient (Wildman–Crippen LogP) is 4.60. The molecular formula is C20H24ClNO3S. The first-order valence-corrected chi connectivity index (χ1v) is 10.1. The monoisotopic (exact) mass is 393 g/mol. The maximum atomic E-state index is 12.8. The molecule has 3 rings (SSSR count). The van der Waals surface area contributed by atoms with Gasteiger partial charge in [-0.05, 0) is 67.5 Å². The quantitative estimate of drug-likeness (QED) is 0.689. The summed E-state index contributed by atoms with van der Waals surface area (Å²) in [6.45, 7) is 6.00. The van der Waals surface area contributed by atoms with Crippen molar-refractivity contribution >= 4 is 28.8 Å². The van der Waals surface area contributed by atoms with Gasteiger partial charge >= 0.3 is 0 Å². The van der Waals surface area contributed by atoms with Crippen LogP contribution < -0.4 is 4.74 Å². The summed E-state index contributed by atoms with van der Waals surface area (Å²) in [5.41, 5.74) is 2.15. The Balaban J connectivity index is 1.64. The van der Waals surface area contributed by atoms with Crippen molar-refractivity contribution in [3.05, 3.63) is 50.7 Å². The SMILES string of the molecule is Cc1cc(OCC(=O)N(Cc2sccc2C)C[C@@H]2CCCO2)ccc1Cl. The van der Waals surface area contributed by atoms with Crippen LogP contribution in [0.1, 0.15) is 28.8 Å². The van der Waals surface area contributed by atoms with Crippen LogP contribution in [0.4, 0.5) is 0 Å². The molecule has 0 aliphatic carbocycles. The van der Waals surface area contributed by atoms with E-state index in [0.717, 1.165) is 25.0 Å². The van der Waals surface area contributed by atoms with Gasteiger partial charge in [0.1, 0.15) is 5.75 Å². The van der Waals surface area contributed by atoms with Crippen molar-refractivity contribution in [2.75, 3.05) is 19.8 Å². The number of amides is 1. The molecule has 1 atom stereocenters. The van der Waals surface area contributed by atoms with Crippen molar-refractivity contribution in [1.29, 1.82) is 0 Å². The maximum Gasteiger partial charge on any atom is 0.260 e. The lowest BCUT2D eigenvalue weighted by molar-refractivity contribution is -0.135. The predicted molar refractivity (Wildman–Crippen MR) is 105 cm³/mol. The van der Waals surface area contributed by atoms with Crippen LogP contribution in [0.15, 0.2) is 29.6 Å². The summed E-state index contributed by atoms with van der Waals surface area (Å²) >= 11 is 7.72. The van der Waals surface area contributed by atoms with Crippen molar-refractivity contribution in [2.45, 2.75) is 39.3 Å². The number of ether oxygens (including phenoxy) is 2. The van der Waals surface area contributed by atoms with Crippen molar-refractivity contribution in [2.24, 2.45) is 0 Å². The Morgan fingerprint density at radius 1 is 1.35 bits per heavy atom. The highest BCUT2D eigenvalue weighted by Crippen LogP contribution is 2.22. The lowest BCUT2D eigenvalue weighted by atomic mass is 10.2. The fourth-order valence-corrected chi connectivity index (χ4v) is 4.01. The topological polar surface area (TPSA) is 38.8 Å². The minimum atomic E-state index is -0.0269. The van der Waals surface area contributed by atoms with E-state index in [2.05, 4.69) is 18.4 Å². The smallest absolute Gasteiger partial charge is 0.260 e. The highest BCUT2D eigenvalue weighted by atomic mass is 35.5. The van der Waals surface area contributed by atoms with Gasteiger partial charge in [0, 0.05) is 23.1 Å². The molecule has 0 radical (unpaired) electrons. The van der Waals surface area contributed by atoms with E-state index in [1.807, 2.05) is 17.9 Å². The molecule has 1 aliphatic heterocycles. The molecule has 0 unspecified atom stereocenters. The normalized spacial score (nSPS) is 16.7. The number of benzene rings is 1. The van der Waals surface area contributed by atoms with E-state index in [-0.39, 0.29) is 18.6 Å². The molecule has 26 heavy (non-hydrogen) atoms. The summed E-state index contributed by atoms with van der Waals surface area (Å²) in [7, 11) is 0. The molecule has 1 aliphatic rings. The molecule has 1 aromatic heterocycles. The molecule has 0 N–H and O–H groups in total. The lowest BCUT2D eigenvalue weighted by Gasteiger charge is -2.25. The Bertz CT molecular complexity index is 755. The molecule has 1 amide bonds. The zero-order valence-electron chi connectivity index (χ0n) is 15.2. The summed E-state index contributed by atoms with van der Waals surface area (Å²) in [6, 6.07) is 7.51. The van der Waals surface area contributed by atoms with Crippen molar-refractivity contribution in [3.8, 4) is 5.75 Å². The lowest BCUT2D eigenvalue weighted by Crippen LogP contribution is -2.39. The second kappa shape index (κ2) is 8.89. The Hall–Kier alpha value is -1.56. The molecule has 0 spiro atoms. The standard InChI is InChI=1S/C20H24ClNO3S/c1-14-7-9-26-19(14)12-22(11-17-4-3-8-24-17)20(23)13-25-16-5-6-18(21)15(2)10-16/h5-7,9-10,17H,3-4,8,11-13H2,1-2H3/t17-/m0/s1. The van der Waals surface area contributed by atoms with Gasteiger partial charge in [-0.15, -0.1) is 11.3 Å². The van der Waals surface area contributed by atoms with Crippen LogP contribution in [0.5, 0.6) is 5.75 Å². The molecule has 0 saturated carbocycles. The van der Waals surface area contributed by atoms with E-state index >= 15 is 0 Å². The summed E-state index contributed by atoms with van der Waals surface area (Å²) in [4.78, 5) is 15.9. The second-order valence-corrected chi connectivity index (χ2v) is 8.04. The minimum Gasteiger partial charge on any atom is -0.484 e. The molecule has 4 nitrogen and oxygen atoms in total. The molecule has 140 valence electrons. The van der Waals surface area contributed by atoms with Crippen molar-refractivity contribution in [3.63, 3.8) is 0 Å². The van der Waals surface area contributed by atoms with Crippen LogP contribution in [0.25, 0.3) is 0 Å². The first-order chi connectivity index (χ1) is 12.5. The molecule has 2 heterocycles. The Kier molecular flexibility index (Phi) is 6.57. The van der Waals surface area contributed by atoms with Crippen LogP contribution in [0.2, 0.25) is 5.02 Å². The van der Waals surface area contributed by atoms with Crippen LogP contribution in [0.3, 0.4) is 0 Å². The van der Waals surface area contributed by atoms with Gasteiger partial charge in [-0.2, -0.15) is 0 Å². The molecule has 1 aromatic carbocycles. The first-order valence-electron chi connectivity index (χ1n) is 8.84. The van der Waals surface area contributed by atoms with Gasteiger partial charge in [-0.25, -0.2) is 0 Å². The van der Waals surface area contributed by atoms with Crippen molar-refractivity contribution < 1.29 is 14.3 Å². The van der Waals surface area contributed by atoms with E-state index in [1.165, 1.54) is 10.4 Å². The number of carbonyl (C=O) groups excluding carboxylic acids is 1. The number of thiophene rings is 1. The Morgan fingerprint density at radius 3 is 2.85 bits per heavy atom. The van der Waals surface area contributed by atoms with E-state index in [4.69, 9.17) is 21.1 Å². The molecule has 2 aromatic rings. The highest BCUT2D eigenvalue weighted by molar-refractivity contribution is 7.10. The number of halogens is 1. The van der Waals surface area contributed by atoms with Gasteiger partial charge in [0.25, 0.3) is 5.91 Å². The highest BCUT2D eigenvalue weighted by Gasteiger charge is 2.24. The Morgan fingerprint density at radius 2 is 2.19 bits per heavy atom. The van der Waals surface area contributed by atoms with Crippen LogP contribution >= 0.6 is 22.9 Å². The first kappa shape index (κ1) is 19.2. The number of hydrogen-bond acceptors (Lipinski definition) is 4. The third kappa shape index (κ3) is 5.00. The van der Waals surface area contributed by atoms with E-state index in [0.29, 0.717) is 23.9 Å².